The topological polar surface area (TPSA) is 39.0 Å². The van der Waals surface area contributed by atoms with Crippen LogP contribution in [0.4, 0.5) is 0 Å². The van der Waals surface area contributed by atoms with Crippen LogP contribution in [0.3, 0.4) is 0 Å². The lowest BCUT2D eigenvalue weighted by molar-refractivity contribution is -0.0789. The molecular formula is C23H27N3O2. The van der Waals surface area contributed by atoms with E-state index in [1.807, 2.05) is 35.0 Å². The summed E-state index contributed by atoms with van der Waals surface area (Å²) in [6.07, 6.45) is 6.34. The second kappa shape index (κ2) is 7.57. The summed E-state index contributed by atoms with van der Waals surface area (Å²) in [4.78, 5) is 2.57. The molecule has 0 N–H and O–H groups in total. The Hall–Kier alpha value is -2.37. The maximum atomic E-state index is 6.26. The fourth-order valence-corrected chi connectivity index (χ4v) is 4.54. The smallest absolute Gasteiger partial charge is 0.233 e. The molecule has 1 fully saturated rings. The van der Waals surface area contributed by atoms with Crippen molar-refractivity contribution in [1.29, 1.82) is 0 Å². The zero-order valence-electron chi connectivity index (χ0n) is 16.2. The highest BCUT2D eigenvalue weighted by Crippen LogP contribution is 2.43. The molecule has 0 saturated carbocycles. The number of nitrogens with zero attached hydrogens (tertiary/aromatic N) is 3. The molecule has 0 radical (unpaired) electrons. The molecule has 2 aliphatic rings. The molecule has 3 aromatic rings. The van der Waals surface area contributed by atoms with Crippen LogP contribution in [-0.2, 0) is 16.9 Å². The summed E-state index contributed by atoms with van der Waals surface area (Å²) in [7, 11) is 0. The normalized spacial score (nSPS) is 18.6. The molecule has 0 atom stereocenters. The molecule has 0 aliphatic carbocycles. The van der Waals surface area contributed by atoms with Gasteiger partial charge in [-0.15, -0.1) is 5.10 Å². The van der Waals surface area contributed by atoms with Gasteiger partial charge in [0, 0.05) is 25.4 Å². The molecule has 1 spiro atoms. The summed E-state index contributed by atoms with van der Waals surface area (Å²) in [5.41, 5.74) is 3.84. The summed E-state index contributed by atoms with van der Waals surface area (Å²) < 4.78 is 13.9. The molecule has 2 aliphatic heterocycles. The molecule has 5 heteroatoms. The quantitative estimate of drug-likeness (QED) is 0.609. The Morgan fingerprint density at radius 3 is 2.79 bits per heavy atom. The van der Waals surface area contributed by atoms with Gasteiger partial charge < -0.3 is 14.4 Å². The van der Waals surface area contributed by atoms with Crippen molar-refractivity contribution in [1.82, 2.24) is 14.5 Å². The Labute approximate surface area is 165 Å². The molecule has 5 rings (SSSR count). The monoisotopic (exact) mass is 377 g/mol. The second-order valence-electron chi connectivity index (χ2n) is 7.89. The Morgan fingerprint density at radius 1 is 1.04 bits per heavy atom. The highest BCUT2D eigenvalue weighted by Gasteiger charge is 2.42. The minimum atomic E-state index is -0.0284. The number of hydrogen-bond acceptors (Lipinski definition) is 4. The van der Waals surface area contributed by atoms with Gasteiger partial charge in [0.25, 0.3) is 0 Å². The van der Waals surface area contributed by atoms with Crippen molar-refractivity contribution in [3.8, 4) is 5.88 Å². The van der Waals surface area contributed by atoms with E-state index in [0.29, 0.717) is 5.88 Å². The number of aromatic nitrogens is 2. The first-order valence-corrected chi connectivity index (χ1v) is 10.3. The van der Waals surface area contributed by atoms with E-state index in [9.17, 15) is 0 Å². The average molecular weight is 377 g/mol. The molecular weight excluding hydrogens is 350 g/mol. The number of likely N-dealkylation sites (tertiary alicyclic amines) is 1. The van der Waals surface area contributed by atoms with E-state index in [4.69, 9.17) is 9.47 Å². The van der Waals surface area contributed by atoms with Gasteiger partial charge in [-0.25, -0.2) is 4.52 Å². The molecule has 4 heterocycles. The fraction of sp³-hybridized carbons (Fsp3) is 0.435. The summed E-state index contributed by atoms with van der Waals surface area (Å²) in [5.74, 6) is 0.711. The number of rotatable bonds is 6. The highest BCUT2D eigenvalue weighted by atomic mass is 16.5. The molecule has 1 aromatic carbocycles. The van der Waals surface area contributed by atoms with E-state index in [2.05, 4.69) is 34.3 Å². The summed E-state index contributed by atoms with van der Waals surface area (Å²) in [6, 6.07) is 16.7. The van der Waals surface area contributed by atoms with E-state index < -0.39 is 0 Å². The van der Waals surface area contributed by atoms with E-state index in [-0.39, 0.29) is 5.60 Å². The van der Waals surface area contributed by atoms with Gasteiger partial charge in [0.05, 0.1) is 24.3 Å². The standard InChI is InChI=1S/C23H27N3O2/c1-2-9-21-19(7-1)18-28-23(21)10-14-25(15-11-23)12-5-6-16-27-22-17-20-8-3-4-13-26(20)24-22/h1-4,7-9,13,17H,5-6,10-12,14-16,18H2. The van der Waals surface area contributed by atoms with Crippen molar-refractivity contribution in [2.24, 2.45) is 0 Å². The van der Waals surface area contributed by atoms with Crippen molar-refractivity contribution in [2.75, 3.05) is 26.2 Å². The van der Waals surface area contributed by atoms with Crippen molar-refractivity contribution in [3.63, 3.8) is 0 Å². The maximum Gasteiger partial charge on any atom is 0.233 e. The molecule has 5 nitrogen and oxygen atoms in total. The predicted octanol–water partition coefficient (Wildman–Crippen LogP) is 4.01. The van der Waals surface area contributed by atoms with Gasteiger partial charge in [-0.05, 0) is 55.5 Å². The third-order valence-electron chi connectivity index (χ3n) is 6.14. The Morgan fingerprint density at radius 2 is 1.89 bits per heavy atom. The van der Waals surface area contributed by atoms with Crippen LogP contribution >= 0.6 is 0 Å². The van der Waals surface area contributed by atoms with Crippen LogP contribution in [0.25, 0.3) is 5.52 Å². The number of unbranched alkanes of at least 4 members (excludes halogenated alkanes) is 1. The van der Waals surface area contributed by atoms with Crippen molar-refractivity contribution < 1.29 is 9.47 Å². The molecule has 28 heavy (non-hydrogen) atoms. The Balaban J connectivity index is 1.05. The summed E-state index contributed by atoms with van der Waals surface area (Å²) >= 11 is 0. The van der Waals surface area contributed by atoms with Gasteiger partial charge in [-0.2, -0.15) is 0 Å². The molecule has 0 bridgehead atoms. The highest BCUT2D eigenvalue weighted by molar-refractivity contribution is 5.48. The summed E-state index contributed by atoms with van der Waals surface area (Å²) in [5, 5.41) is 4.43. The Kier molecular flexibility index (Phi) is 4.79. The largest absolute Gasteiger partial charge is 0.477 e. The molecule has 146 valence electrons. The van der Waals surface area contributed by atoms with E-state index >= 15 is 0 Å². The first-order valence-electron chi connectivity index (χ1n) is 10.3. The number of fused-ring (bicyclic) bond motifs is 3. The molecule has 0 unspecified atom stereocenters. The number of pyridine rings is 1. The van der Waals surface area contributed by atoms with Crippen molar-refractivity contribution in [3.05, 3.63) is 65.9 Å². The first-order chi connectivity index (χ1) is 13.8. The third-order valence-corrected chi connectivity index (χ3v) is 6.14. The van der Waals surface area contributed by atoms with Crippen LogP contribution in [0.1, 0.15) is 36.8 Å². The van der Waals surface area contributed by atoms with Crippen LogP contribution in [0.15, 0.2) is 54.7 Å². The number of ether oxygens (including phenoxy) is 2. The molecule has 2 aromatic heterocycles. The number of benzene rings is 1. The molecule has 0 amide bonds. The minimum absolute atomic E-state index is 0.0284. The van der Waals surface area contributed by atoms with E-state index in [1.54, 1.807) is 0 Å². The van der Waals surface area contributed by atoms with Crippen molar-refractivity contribution in [2.45, 2.75) is 37.9 Å². The van der Waals surface area contributed by atoms with Gasteiger partial charge in [0.2, 0.25) is 5.88 Å². The summed E-state index contributed by atoms with van der Waals surface area (Å²) in [6.45, 7) is 4.85. The minimum Gasteiger partial charge on any atom is -0.477 e. The van der Waals surface area contributed by atoms with Gasteiger partial charge in [-0.1, -0.05) is 30.3 Å². The van der Waals surface area contributed by atoms with E-state index in [0.717, 1.165) is 64.0 Å². The lowest BCUT2D eigenvalue weighted by Gasteiger charge is -2.39. The van der Waals surface area contributed by atoms with Crippen LogP contribution in [0.2, 0.25) is 0 Å². The SMILES string of the molecule is c1ccc2c(c1)COC21CCN(CCCCOc2cc3ccccn3n2)CC1. The van der Waals surface area contributed by atoms with Gasteiger partial charge in [-0.3, -0.25) is 0 Å². The number of hydrogen-bond donors (Lipinski definition) is 0. The van der Waals surface area contributed by atoms with Crippen LogP contribution in [-0.4, -0.2) is 40.8 Å². The fourth-order valence-electron chi connectivity index (χ4n) is 4.54. The maximum absolute atomic E-state index is 6.26. The van der Waals surface area contributed by atoms with Crippen LogP contribution < -0.4 is 4.74 Å². The van der Waals surface area contributed by atoms with Gasteiger partial charge >= 0.3 is 0 Å². The van der Waals surface area contributed by atoms with Gasteiger partial charge in [0.1, 0.15) is 0 Å². The number of piperidine rings is 1. The van der Waals surface area contributed by atoms with E-state index in [1.165, 1.54) is 11.1 Å². The van der Waals surface area contributed by atoms with Gasteiger partial charge in [0.15, 0.2) is 0 Å². The first kappa shape index (κ1) is 17.7. The lowest BCUT2D eigenvalue weighted by Crippen LogP contribution is -2.42. The van der Waals surface area contributed by atoms with Crippen molar-refractivity contribution >= 4 is 5.52 Å². The predicted molar refractivity (Wildman–Crippen MR) is 109 cm³/mol. The zero-order chi connectivity index (χ0) is 18.8. The Bertz CT molecular complexity index is 911. The lowest BCUT2D eigenvalue weighted by atomic mass is 9.84. The second-order valence-corrected chi connectivity index (χ2v) is 7.89. The van der Waals surface area contributed by atoms with Crippen LogP contribution in [0, 0.1) is 0 Å². The average Bonchev–Trinajstić information content (AvgIpc) is 3.31. The molecule has 1 saturated heterocycles. The van der Waals surface area contributed by atoms with Crippen LogP contribution in [0.5, 0.6) is 5.88 Å². The zero-order valence-corrected chi connectivity index (χ0v) is 16.2. The third kappa shape index (κ3) is 3.40.